The normalized spacial score (nSPS) is 11.7. The van der Waals surface area contributed by atoms with Gasteiger partial charge in [0.2, 0.25) is 5.28 Å². The van der Waals surface area contributed by atoms with Crippen molar-refractivity contribution in [3.63, 3.8) is 0 Å². The Hall–Kier alpha value is -0.110. The molecule has 0 N–H and O–H groups in total. The summed E-state index contributed by atoms with van der Waals surface area (Å²) in [5.74, 6) is 0.406. The minimum atomic E-state index is -2.98. The van der Waals surface area contributed by atoms with E-state index in [-0.39, 0.29) is 16.2 Å². The van der Waals surface area contributed by atoms with Crippen molar-refractivity contribution in [3.05, 3.63) is 10.4 Å². The summed E-state index contributed by atoms with van der Waals surface area (Å²) in [6.45, 7) is 0. The minimum absolute atomic E-state index is 0.0127. The van der Waals surface area contributed by atoms with Crippen molar-refractivity contribution in [2.45, 2.75) is 5.03 Å². The zero-order chi connectivity index (χ0) is 11.5. The van der Waals surface area contributed by atoms with Crippen LogP contribution in [0.15, 0.2) is 5.03 Å². The molecule has 0 aliphatic rings. The average molecular weight is 288 g/mol. The van der Waals surface area contributed by atoms with E-state index in [1.54, 1.807) is 0 Å². The van der Waals surface area contributed by atoms with Crippen LogP contribution in [-0.2, 0) is 9.84 Å². The van der Waals surface area contributed by atoms with Crippen LogP contribution >= 0.6 is 35.0 Å². The molecule has 1 heterocycles. The van der Waals surface area contributed by atoms with Crippen molar-refractivity contribution in [2.75, 3.05) is 17.8 Å². The van der Waals surface area contributed by atoms with E-state index in [4.69, 9.17) is 23.2 Å². The molecule has 15 heavy (non-hydrogen) atoms. The molecular weight excluding hydrogens is 281 g/mol. The number of aromatic nitrogens is 3. The van der Waals surface area contributed by atoms with Crippen molar-refractivity contribution in [1.82, 2.24) is 15.2 Å². The molecule has 1 aromatic rings. The lowest BCUT2D eigenvalue weighted by Crippen LogP contribution is -2.05. The number of halogens is 2. The fourth-order valence-corrected chi connectivity index (χ4v) is 3.13. The molecule has 0 bridgehead atoms. The Labute approximate surface area is 102 Å². The van der Waals surface area contributed by atoms with Gasteiger partial charge in [-0.3, -0.25) is 0 Å². The molecule has 0 spiro atoms. The fraction of sp³-hybridized carbons (Fsp3) is 0.500. The van der Waals surface area contributed by atoms with Crippen molar-refractivity contribution in [3.8, 4) is 0 Å². The number of hydrogen-bond acceptors (Lipinski definition) is 6. The highest BCUT2D eigenvalue weighted by Crippen LogP contribution is 2.23. The summed E-state index contributed by atoms with van der Waals surface area (Å²) in [4.78, 5) is 3.82. The van der Waals surface area contributed by atoms with E-state index in [1.165, 1.54) is 18.0 Å². The molecule has 84 valence electrons. The molecule has 0 fully saturated rings. The third kappa shape index (κ3) is 4.96. The van der Waals surface area contributed by atoms with E-state index in [1.807, 2.05) is 0 Å². The molecule has 0 aromatic carbocycles. The van der Waals surface area contributed by atoms with Gasteiger partial charge < -0.3 is 0 Å². The maximum atomic E-state index is 10.9. The number of sulfone groups is 1. The van der Waals surface area contributed by atoms with Gasteiger partial charge in [0.05, 0.1) is 5.75 Å². The van der Waals surface area contributed by atoms with Crippen LogP contribution in [-0.4, -0.2) is 41.4 Å². The van der Waals surface area contributed by atoms with Gasteiger partial charge in [-0.05, 0) is 11.6 Å². The van der Waals surface area contributed by atoms with Crippen LogP contribution in [0, 0.1) is 0 Å². The second-order valence-corrected chi connectivity index (χ2v) is 6.69. The maximum Gasteiger partial charge on any atom is 0.244 e. The second kappa shape index (κ2) is 5.29. The van der Waals surface area contributed by atoms with Crippen LogP contribution < -0.4 is 0 Å². The lowest BCUT2D eigenvalue weighted by molar-refractivity contribution is 0.603. The highest BCUT2D eigenvalue weighted by Gasteiger charge is 2.08. The molecule has 1 rings (SSSR count). The predicted molar refractivity (Wildman–Crippen MR) is 60.3 cm³/mol. The topological polar surface area (TPSA) is 72.8 Å². The van der Waals surface area contributed by atoms with Gasteiger partial charge in [-0.25, -0.2) is 13.4 Å². The maximum absolute atomic E-state index is 10.9. The van der Waals surface area contributed by atoms with E-state index in [2.05, 4.69) is 15.2 Å². The summed E-state index contributed by atoms with van der Waals surface area (Å²) >= 11 is 12.4. The Morgan fingerprint density at radius 2 is 2.00 bits per heavy atom. The first-order valence-electron chi connectivity index (χ1n) is 3.75. The molecule has 0 aliphatic carbocycles. The van der Waals surface area contributed by atoms with Crippen molar-refractivity contribution < 1.29 is 8.42 Å². The van der Waals surface area contributed by atoms with Gasteiger partial charge in [-0.1, -0.05) is 11.6 Å². The first-order valence-corrected chi connectivity index (χ1v) is 7.55. The molecule has 0 amide bonds. The lowest BCUT2D eigenvalue weighted by atomic mass is 10.9. The Kier molecular flexibility index (Phi) is 4.57. The molecule has 0 atom stereocenters. The molecule has 9 heteroatoms. The monoisotopic (exact) mass is 287 g/mol. The standard InChI is InChI=1S/C6H7Cl2N3O2S2/c1-15(12,13)3-2-14-5-4(7)10-11-6(8)9-5/h2-3H2,1H3. The first-order chi connectivity index (χ1) is 6.88. The van der Waals surface area contributed by atoms with Crippen LogP contribution in [0.5, 0.6) is 0 Å². The largest absolute Gasteiger partial charge is 0.244 e. The molecule has 0 aliphatic heterocycles. The smallest absolute Gasteiger partial charge is 0.229 e. The van der Waals surface area contributed by atoms with Crippen LogP contribution in [0.3, 0.4) is 0 Å². The van der Waals surface area contributed by atoms with Crippen LogP contribution in [0.1, 0.15) is 0 Å². The van der Waals surface area contributed by atoms with Crippen molar-refractivity contribution >= 4 is 44.8 Å². The zero-order valence-electron chi connectivity index (χ0n) is 7.64. The lowest BCUT2D eigenvalue weighted by Gasteiger charge is -2.00. The van der Waals surface area contributed by atoms with Crippen LogP contribution in [0.2, 0.25) is 10.4 Å². The Bertz CT molecular complexity index is 452. The minimum Gasteiger partial charge on any atom is -0.229 e. The third-order valence-corrected chi connectivity index (χ3v) is 3.98. The average Bonchev–Trinajstić information content (AvgIpc) is 2.09. The highest BCUT2D eigenvalue weighted by molar-refractivity contribution is 8.00. The van der Waals surface area contributed by atoms with Crippen molar-refractivity contribution in [1.29, 1.82) is 0 Å². The molecule has 0 radical (unpaired) electrons. The molecule has 1 aromatic heterocycles. The molecule has 0 saturated heterocycles. The van der Waals surface area contributed by atoms with E-state index in [0.717, 1.165) is 0 Å². The summed E-state index contributed by atoms with van der Waals surface area (Å²) in [6, 6.07) is 0. The van der Waals surface area contributed by atoms with Gasteiger partial charge in [0.25, 0.3) is 0 Å². The van der Waals surface area contributed by atoms with Crippen LogP contribution in [0.25, 0.3) is 0 Å². The van der Waals surface area contributed by atoms with Crippen LogP contribution in [0.4, 0.5) is 0 Å². The summed E-state index contributed by atoms with van der Waals surface area (Å²) in [7, 11) is -2.98. The van der Waals surface area contributed by atoms with Crippen molar-refractivity contribution in [2.24, 2.45) is 0 Å². The Balaban J connectivity index is 2.61. The van der Waals surface area contributed by atoms with Gasteiger partial charge in [-0.15, -0.1) is 22.0 Å². The summed E-state index contributed by atoms with van der Waals surface area (Å²) < 4.78 is 21.7. The highest BCUT2D eigenvalue weighted by atomic mass is 35.5. The number of rotatable bonds is 4. The summed E-state index contributed by atoms with van der Waals surface area (Å²) in [5.41, 5.74) is 0. The van der Waals surface area contributed by atoms with E-state index >= 15 is 0 Å². The number of nitrogens with zero attached hydrogens (tertiary/aromatic N) is 3. The summed E-state index contributed by atoms with van der Waals surface area (Å²) in [6.07, 6.45) is 1.17. The fourth-order valence-electron chi connectivity index (χ4n) is 0.662. The quantitative estimate of drug-likeness (QED) is 0.778. The molecule has 0 unspecified atom stereocenters. The van der Waals surface area contributed by atoms with Gasteiger partial charge in [0.1, 0.15) is 14.9 Å². The van der Waals surface area contributed by atoms with Gasteiger partial charge in [0.15, 0.2) is 5.15 Å². The Morgan fingerprint density at radius 3 is 2.60 bits per heavy atom. The predicted octanol–water partition coefficient (Wildman–Crippen LogP) is 1.32. The number of thioether (sulfide) groups is 1. The Morgan fingerprint density at radius 1 is 1.33 bits per heavy atom. The van der Waals surface area contributed by atoms with E-state index in [0.29, 0.717) is 10.8 Å². The van der Waals surface area contributed by atoms with Gasteiger partial charge in [-0.2, -0.15) is 0 Å². The van der Waals surface area contributed by atoms with Gasteiger partial charge in [0, 0.05) is 12.0 Å². The molecule has 5 nitrogen and oxygen atoms in total. The number of hydrogen-bond donors (Lipinski definition) is 0. The second-order valence-electron chi connectivity index (χ2n) is 2.66. The first kappa shape index (κ1) is 13.0. The van der Waals surface area contributed by atoms with E-state index < -0.39 is 9.84 Å². The van der Waals surface area contributed by atoms with Gasteiger partial charge >= 0.3 is 0 Å². The zero-order valence-corrected chi connectivity index (χ0v) is 10.8. The molecule has 0 saturated carbocycles. The summed E-state index contributed by atoms with van der Waals surface area (Å²) in [5, 5.41) is 7.48. The van der Waals surface area contributed by atoms with E-state index in [9.17, 15) is 8.42 Å². The SMILES string of the molecule is CS(=O)(=O)CCSc1nc(Cl)nnc1Cl. The molecular formula is C6H7Cl2N3O2S2. The third-order valence-electron chi connectivity index (χ3n) is 1.28.